The third-order valence-electron chi connectivity index (χ3n) is 5.81. The molecule has 3 rings (SSSR count). The molecule has 1 unspecified atom stereocenters. The minimum Gasteiger partial charge on any atom is -0.394 e. The number of carbonyl (C=O) groups is 2. The van der Waals surface area contributed by atoms with E-state index < -0.39 is 18.0 Å². The van der Waals surface area contributed by atoms with Crippen LogP contribution < -0.4 is 16.0 Å². The number of hydrogen-bond donors (Lipinski definition) is 3. The summed E-state index contributed by atoms with van der Waals surface area (Å²) in [5, 5.41) is 12.6. The van der Waals surface area contributed by atoms with Gasteiger partial charge in [-0.05, 0) is 36.1 Å². The van der Waals surface area contributed by atoms with E-state index in [2.05, 4.69) is 5.32 Å². The molecule has 28 heavy (non-hydrogen) atoms. The van der Waals surface area contributed by atoms with Crippen molar-refractivity contribution in [3.05, 3.63) is 36.0 Å². The summed E-state index contributed by atoms with van der Waals surface area (Å²) in [6, 6.07) is 3.18. The maximum atomic E-state index is 13.5. The summed E-state index contributed by atoms with van der Waals surface area (Å²) < 4.78 is 13.5. The maximum Gasteiger partial charge on any atom is 0.240 e. The van der Waals surface area contributed by atoms with Crippen LogP contribution in [-0.2, 0) is 16.0 Å². The summed E-state index contributed by atoms with van der Waals surface area (Å²) in [6.07, 6.45) is 8.78. The normalized spacial score (nSPS) is 20.6. The predicted molar refractivity (Wildman–Crippen MR) is 105 cm³/mol. The van der Waals surface area contributed by atoms with Crippen LogP contribution in [0.3, 0.4) is 0 Å². The fourth-order valence-electron chi connectivity index (χ4n) is 4.31. The van der Waals surface area contributed by atoms with Gasteiger partial charge in [0.25, 0.3) is 0 Å². The van der Waals surface area contributed by atoms with Crippen LogP contribution in [0.5, 0.6) is 0 Å². The SMILES string of the molecule is NC(=O)C1Cc2cc(F)ccc2N1C[C@@H](CO)NC(=O)[CH]CC1CCCCC1. The van der Waals surface area contributed by atoms with Crippen LogP contribution in [0.4, 0.5) is 10.1 Å². The number of benzene rings is 1. The highest BCUT2D eigenvalue weighted by Gasteiger charge is 2.34. The molecular weight excluding hydrogens is 361 g/mol. The van der Waals surface area contributed by atoms with Gasteiger partial charge in [0, 0.05) is 25.1 Å². The van der Waals surface area contributed by atoms with Crippen LogP contribution in [0.2, 0.25) is 0 Å². The topological polar surface area (TPSA) is 95.7 Å². The highest BCUT2D eigenvalue weighted by molar-refractivity contribution is 5.87. The van der Waals surface area contributed by atoms with Crippen LogP contribution in [0, 0.1) is 18.2 Å². The largest absolute Gasteiger partial charge is 0.394 e. The van der Waals surface area contributed by atoms with Crippen molar-refractivity contribution >= 4 is 17.5 Å². The first-order chi connectivity index (χ1) is 13.5. The van der Waals surface area contributed by atoms with Crippen LogP contribution >= 0.6 is 0 Å². The molecule has 1 saturated carbocycles. The molecule has 7 heteroatoms. The summed E-state index contributed by atoms with van der Waals surface area (Å²) in [6.45, 7) is -0.0345. The predicted octanol–water partition coefficient (Wildman–Crippen LogP) is 1.69. The third kappa shape index (κ3) is 5.01. The van der Waals surface area contributed by atoms with E-state index in [0.717, 1.165) is 19.3 Å². The molecule has 0 aromatic heterocycles. The van der Waals surface area contributed by atoms with Crippen LogP contribution in [0.1, 0.15) is 44.1 Å². The van der Waals surface area contributed by atoms with Crippen molar-refractivity contribution in [1.29, 1.82) is 0 Å². The van der Waals surface area contributed by atoms with Crippen molar-refractivity contribution in [2.45, 2.75) is 57.0 Å². The number of halogens is 1. The Hall–Kier alpha value is -2.15. The lowest BCUT2D eigenvalue weighted by atomic mass is 9.86. The fraction of sp³-hybridized carbons (Fsp3) is 0.571. The second-order valence-corrected chi connectivity index (χ2v) is 7.88. The van der Waals surface area contributed by atoms with Crippen LogP contribution in [0.15, 0.2) is 18.2 Å². The first kappa shape index (κ1) is 20.6. The Morgan fingerprint density at radius 1 is 1.32 bits per heavy atom. The number of hydrogen-bond acceptors (Lipinski definition) is 4. The molecule has 1 aliphatic carbocycles. The van der Waals surface area contributed by atoms with Crippen molar-refractivity contribution in [1.82, 2.24) is 5.32 Å². The molecule has 2 atom stereocenters. The number of aliphatic hydroxyl groups excluding tert-OH is 1. The standard InChI is InChI=1S/C21H29FN3O3/c22-16-7-8-18-15(10-16)11-19(21(23)28)25(18)12-17(13-26)24-20(27)9-6-14-4-2-1-3-5-14/h7-10,14,17,19,26H,1-6,11-13H2,(H2,23,28)(H,24,27)/t17-,19?/m0/s1. The van der Waals surface area contributed by atoms with Crippen molar-refractivity contribution in [3.63, 3.8) is 0 Å². The van der Waals surface area contributed by atoms with Gasteiger partial charge in [-0.1, -0.05) is 32.1 Å². The second kappa shape index (κ2) is 9.37. The minimum atomic E-state index is -0.617. The molecule has 153 valence electrons. The molecule has 2 amide bonds. The van der Waals surface area contributed by atoms with E-state index >= 15 is 0 Å². The number of rotatable bonds is 8. The number of nitrogens with one attached hydrogen (secondary N) is 1. The summed E-state index contributed by atoms with van der Waals surface area (Å²) in [5.41, 5.74) is 6.94. The lowest BCUT2D eigenvalue weighted by molar-refractivity contribution is -0.119. The van der Waals surface area contributed by atoms with Crippen LogP contribution in [0.25, 0.3) is 0 Å². The summed E-state index contributed by atoms with van der Waals surface area (Å²) in [7, 11) is 0. The van der Waals surface area contributed by atoms with Gasteiger partial charge in [-0.25, -0.2) is 4.39 Å². The van der Waals surface area contributed by atoms with Gasteiger partial charge in [-0.3, -0.25) is 9.59 Å². The van der Waals surface area contributed by atoms with Crippen molar-refractivity contribution in [2.75, 3.05) is 18.1 Å². The molecule has 1 aromatic rings. The molecule has 2 aliphatic rings. The molecule has 1 aliphatic heterocycles. The average Bonchev–Trinajstić information content (AvgIpc) is 3.04. The average molecular weight is 390 g/mol. The number of amides is 2. The molecular formula is C21H29FN3O3. The molecule has 0 bridgehead atoms. The number of primary amides is 1. The molecule has 6 nitrogen and oxygen atoms in total. The van der Waals surface area contributed by atoms with Crippen LogP contribution in [-0.4, -0.2) is 42.2 Å². The Bertz CT molecular complexity index is 706. The summed E-state index contributed by atoms with van der Waals surface area (Å²) in [5.74, 6) is -0.526. The lowest BCUT2D eigenvalue weighted by Crippen LogP contribution is -2.51. The van der Waals surface area contributed by atoms with Crippen molar-refractivity contribution < 1.29 is 19.1 Å². The van der Waals surface area contributed by atoms with Gasteiger partial charge in [0.2, 0.25) is 11.8 Å². The maximum absolute atomic E-state index is 13.5. The van der Waals surface area contributed by atoms with Gasteiger partial charge in [-0.15, -0.1) is 0 Å². The first-order valence-electron chi connectivity index (χ1n) is 10.1. The van der Waals surface area contributed by atoms with Crippen molar-refractivity contribution in [2.24, 2.45) is 11.7 Å². The smallest absolute Gasteiger partial charge is 0.240 e. The lowest BCUT2D eigenvalue weighted by Gasteiger charge is -2.30. The molecule has 1 fully saturated rings. The van der Waals surface area contributed by atoms with E-state index in [4.69, 9.17) is 5.73 Å². The van der Waals surface area contributed by atoms with Gasteiger partial charge >= 0.3 is 0 Å². The minimum absolute atomic E-state index is 0.209. The molecule has 1 heterocycles. The zero-order valence-electron chi connectivity index (χ0n) is 16.1. The zero-order valence-corrected chi connectivity index (χ0v) is 16.1. The Morgan fingerprint density at radius 2 is 2.07 bits per heavy atom. The van der Waals surface area contributed by atoms with Gasteiger partial charge in [0.05, 0.1) is 12.6 Å². The highest BCUT2D eigenvalue weighted by atomic mass is 19.1. The molecule has 0 saturated heterocycles. The number of nitrogens with zero attached hydrogens (tertiary/aromatic N) is 1. The number of carbonyl (C=O) groups excluding carboxylic acids is 2. The molecule has 1 radical (unpaired) electrons. The zero-order chi connectivity index (χ0) is 20.1. The molecule has 1 aromatic carbocycles. The molecule has 0 spiro atoms. The van der Waals surface area contributed by atoms with E-state index in [1.54, 1.807) is 17.4 Å². The van der Waals surface area contributed by atoms with Gasteiger partial charge < -0.3 is 21.1 Å². The third-order valence-corrected chi connectivity index (χ3v) is 5.81. The number of fused-ring (bicyclic) bond motifs is 1. The quantitative estimate of drug-likeness (QED) is 0.629. The second-order valence-electron chi connectivity index (χ2n) is 7.88. The highest BCUT2D eigenvalue weighted by Crippen LogP contribution is 2.33. The summed E-state index contributed by atoms with van der Waals surface area (Å²) >= 11 is 0. The van der Waals surface area contributed by atoms with Crippen molar-refractivity contribution in [3.8, 4) is 0 Å². The van der Waals surface area contributed by atoms with Gasteiger partial charge in [0.1, 0.15) is 11.9 Å². The Balaban J connectivity index is 1.59. The molecule has 4 N–H and O–H groups in total. The van der Waals surface area contributed by atoms with Gasteiger partial charge in [0.15, 0.2) is 0 Å². The van der Waals surface area contributed by atoms with Gasteiger partial charge in [-0.2, -0.15) is 0 Å². The van der Waals surface area contributed by atoms with E-state index in [0.29, 0.717) is 23.6 Å². The Morgan fingerprint density at radius 3 is 2.75 bits per heavy atom. The number of anilines is 1. The first-order valence-corrected chi connectivity index (χ1v) is 10.1. The fourth-order valence-corrected chi connectivity index (χ4v) is 4.31. The monoisotopic (exact) mass is 390 g/mol. The Kier molecular flexibility index (Phi) is 6.88. The van der Waals surface area contributed by atoms with E-state index in [9.17, 15) is 19.1 Å². The van der Waals surface area contributed by atoms with E-state index in [-0.39, 0.29) is 24.9 Å². The Labute approximate surface area is 165 Å². The number of nitrogens with two attached hydrogens (primary N) is 1. The van der Waals surface area contributed by atoms with E-state index in [1.165, 1.54) is 31.4 Å². The number of aliphatic hydroxyl groups is 1. The summed E-state index contributed by atoms with van der Waals surface area (Å²) in [4.78, 5) is 25.9. The van der Waals surface area contributed by atoms with E-state index in [1.807, 2.05) is 0 Å².